The fourth-order valence-corrected chi connectivity index (χ4v) is 2.05. The third-order valence-corrected chi connectivity index (χ3v) is 3.79. The van der Waals surface area contributed by atoms with Gasteiger partial charge in [-0.2, -0.15) is 0 Å². The van der Waals surface area contributed by atoms with Crippen molar-refractivity contribution in [3.63, 3.8) is 0 Å². The van der Waals surface area contributed by atoms with Gasteiger partial charge in [0.05, 0.1) is 10.7 Å². The van der Waals surface area contributed by atoms with E-state index >= 15 is 0 Å². The second-order valence-electron chi connectivity index (χ2n) is 3.94. The first-order valence-corrected chi connectivity index (χ1v) is 7.00. The molecule has 0 saturated heterocycles. The van der Waals surface area contributed by atoms with Gasteiger partial charge in [-0.15, -0.1) is 0 Å². The van der Waals surface area contributed by atoms with Crippen LogP contribution in [0.4, 0.5) is 10.2 Å². The van der Waals surface area contributed by atoms with Crippen LogP contribution in [0.2, 0.25) is 5.02 Å². The molecule has 0 radical (unpaired) electrons. The van der Waals surface area contributed by atoms with Crippen molar-refractivity contribution in [3.8, 4) is 11.3 Å². The summed E-state index contributed by atoms with van der Waals surface area (Å²) < 4.78 is 14.6. The fourth-order valence-electron chi connectivity index (χ4n) is 1.58. The van der Waals surface area contributed by atoms with Crippen LogP contribution in [-0.2, 0) is 0 Å². The summed E-state index contributed by atoms with van der Waals surface area (Å²) in [5.74, 6) is 0.182. The summed E-state index contributed by atoms with van der Waals surface area (Å²) in [6.45, 7) is 2.86. The Balaban J connectivity index is 2.39. The average molecular weight is 345 g/mol. The lowest BCUT2D eigenvalue weighted by molar-refractivity contribution is 0.630. The van der Waals surface area contributed by atoms with Gasteiger partial charge in [-0.05, 0) is 34.5 Å². The summed E-state index contributed by atoms with van der Waals surface area (Å²) in [4.78, 5) is 8.17. The van der Waals surface area contributed by atoms with Crippen molar-refractivity contribution in [2.45, 2.75) is 13.3 Å². The first-order chi connectivity index (χ1) is 9.13. The van der Waals surface area contributed by atoms with E-state index in [9.17, 15) is 4.39 Å². The highest BCUT2D eigenvalue weighted by molar-refractivity contribution is 9.10. The molecule has 1 aromatic heterocycles. The molecule has 6 heteroatoms. The van der Waals surface area contributed by atoms with E-state index in [-0.39, 0.29) is 5.02 Å². The topological polar surface area (TPSA) is 37.8 Å². The molecule has 0 aliphatic rings. The monoisotopic (exact) mass is 343 g/mol. The van der Waals surface area contributed by atoms with Crippen LogP contribution in [0.3, 0.4) is 0 Å². The molecule has 0 atom stereocenters. The number of benzene rings is 1. The van der Waals surface area contributed by atoms with Gasteiger partial charge in [-0.25, -0.2) is 14.4 Å². The Labute approximate surface area is 124 Å². The number of hydrogen-bond acceptors (Lipinski definition) is 3. The van der Waals surface area contributed by atoms with Gasteiger partial charge in [0, 0.05) is 22.6 Å². The Morgan fingerprint density at radius 1 is 1.37 bits per heavy atom. The van der Waals surface area contributed by atoms with E-state index in [0.717, 1.165) is 13.0 Å². The molecule has 100 valence electrons. The molecule has 19 heavy (non-hydrogen) atoms. The van der Waals surface area contributed by atoms with E-state index in [1.165, 1.54) is 6.33 Å². The van der Waals surface area contributed by atoms with Crippen molar-refractivity contribution in [2.24, 2.45) is 0 Å². The Morgan fingerprint density at radius 2 is 2.16 bits per heavy atom. The molecule has 1 N–H and O–H groups in total. The molecule has 0 amide bonds. The number of hydrogen-bond donors (Lipinski definition) is 1. The van der Waals surface area contributed by atoms with Crippen LogP contribution in [0.1, 0.15) is 13.3 Å². The third kappa shape index (κ3) is 3.22. The van der Waals surface area contributed by atoms with Gasteiger partial charge < -0.3 is 5.32 Å². The molecule has 1 aromatic carbocycles. The van der Waals surface area contributed by atoms with Crippen LogP contribution in [0.15, 0.2) is 29.0 Å². The number of nitrogens with zero attached hydrogens (tertiary/aromatic N) is 2. The van der Waals surface area contributed by atoms with Gasteiger partial charge in [0.25, 0.3) is 0 Å². The molecule has 0 bridgehead atoms. The first kappa shape index (κ1) is 14.2. The van der Waals surface area contributed by atoms with E-state index in [0.29, 0.717) is 21.5 Å². The van der Waals surface area contributed by atoms with Crippen molar-refractivity contribution < 1.29 is 4.39 Å². The van der Waals surface area contributed by atoms with Gasteiger partial charge in [0.1, 0.15) is 12.1 Å². The van der Waals surface area contributed by atoms with Crippen LogP contribution in [-0.4, -0.2) is 16.5 Å². The zero-order chi connectivity index (χ0) is 13.8. The standard InChI is InChI=1S/C13H12BrClFN3/c1-2-5-17-11-6-10(18-7-19-11)8-3-4-9(14)12(15)13(8)16/h3-4,6-7H,2,5H2,1H3,(H,17,18,19). The molecular weight excluding hydrogens is 333 g/mol. The summed E-state index contributed by atoms with van der Waals surface area (Å²) in [5, 5.41) is 3.19. The lowest BCUT2D eigenvalue weighted by Gasteiger charge is -2.08. The number of anilines is 1. The predicted molar refractivity (Wildman–Crippen MR) is 78.9 cm³/mol. The fraction of sp³-hybridized carbons (Fsp3) is 0.231. The maximum Gasteiger partial charge on any atom is 0.152 e. The van der Waals surface area contributed by atoms with Crippen molar-refractivity contribution in [2.75, 3.05) is 11.9 Å². The van der Waals surface area contributed by atoms with Crippen molar-refractivity contribution in [1.82, 2.24) is 9.97 Å². The summed E-state index contributed by atoms with van der Waals surface area (Å²) in [7, 11) is 0. The quantitative estimate of drug-likeness (QED) is 0.829. The number of halogens is 3. The molecule has 0 unspecified atom stereocenters. The largest absolute Gasteiger partial charge is 0.370 e. The van der Waals surface area contributed by atoms with Crippen LogP contribution >= 0.6 is 27.5 Å². The van der Waals surface area contributed by atoms with Gasteiger partial charge >= 0.3 is 0 Å². The predicted octanol–water partition coefficient (Wildman–Crippen LogP) is 4.52. The third-order valence-electron chi connectivity index (χ3n) is 2.53. The molecule has 0 saturated carbocycles. The van der Waals surface area contributed by atoms with E-state index in [2.05, 4.69) is 38.1 Å². The highest BCUT2D eigenvalue weighted by atomic mass is 79.9. The molecule has 0 aliphatic heterocycles. The van der Waals surface area contributed by atoms with Crippen LogP contribution in [0, 0.1) is 5.82 Å². The molecular formula is C13H12BrClFN3. The summed E-state index contributed by atoms with van der Waals surface area (Å²) in [6.07, 6.45) is 2.39. The summed E-state index contributed by atoms with van der Waals surface area (Å²) in [5.41, 5.74) is 0.857. The molecule has 3 nitrogen and oxygen atoms in total. The first-order valence-electron chi connectivity index (χ1n) is 5.83. The molecule has 0 aliphatic carbocycles. The van der Waals surface area contributed by atoms with Gasteiger partial charge in [0.2, 0.25) is 0 Å². The minimum absolute atomic E-state index is 0.0548. The zero-order valence-electron chi connectivity index (χ0n) is 10.3. The smallest absolute Gasteiger partial charge is 0.152 e. The lowest BCUT2D eigenvalue weighted by Crippen LogP contribution is -2.02. The highest BCUT2D eigenvalue weighted by Crippen LogP contribution is 2.32. The molecule has 0 fully saturated rings. The average Bonchev–Trinajstić information content (AvgIpc) is 2.43. The summed E-state index contributed by atoms with van der Waals surface area (Å²) in [6, 6.07) is 5.04. The second kappa shape index (κ2) is 6.30. The maximum atomic E-state index is 14.1. The number of nitrogens with one attached hydrogen (secondary N) is 1. The van der Waals surface area contributed by atoms with Crippen molar-refractivity contribution >= 4 is 33.3 Å². The van der Waals surface area contributed by atoms with Crippen molar-refractivity contribution in [1.29, 1.82) is 0 Å². The van der Waals surface area contributed by atoms with Gasteiger partial charge in [-0.3, -0.25) is 0 Å². The van der Waals surface area contributed by atoms with E-state index < -0.39 is 5.82 Å². The van der Waals surface area contributed by atoms with Crippen LogP contribution in [0.25, 0.3) is 11.3 Å². The molecule has 1 heterocycles. The summed E-state index contributed by atoms with van der Waals surface area (Å²) >= 11 is 9.06. The normalized spacial score (nSPS) is 10.5. The molecule has 2 rings (SSSR count). The van der Waals surface area contributed by atoms with Crippen LogP contribution < -0.4 is 5.32 Å². The molecule has 0 spiro atoms. The minimum atomic E-state index is -0.490. The minimum Gasteiger partial charge on any atom is -0.370 e. The Hall–Kier alpha value is -1.20. The van der Waals surface area contributed by atoms with E-state index in [1.807, 2.05) is 0 Å². The van der Waals surface area contributed by atoms with Gasteiger partial charge in [0.15, 0.2) is 5.82 Å². The van der Waals surface area contributed by atoms with Crippen LogP contribution in [0.5, 0.6) is 0 Å². The van der Waals surface area contributed by atoms with Gasteiger partial charge in [-0.1, -0.05) is 18.5 Å². The Bertz CT molecular complexity index is 592. The van der Waals surface area contributed by atoms with E-state index in [1.54, 1.807) is 18.2 Å². The lowest BCUT2D eigenvalue weighted by atomic mass is 10.1. The second-order valence-corrected chi connectivity index (χ2v) is 5.17. The number of rotatable bonds is 4. The zero-order valence-corrected chi connectivity index (χ0v) is 12.6. The Kier molecular flexibility index (Phi) is 4.71. The SMILES string of the molecule is CCCNc1cc(-c2ccc(Br)c(Cl)c2F)ncn1. The molecule has 2 aromatic rings. The van der Waals surface area contributed by atoms with E-state index in [4.69, 9.17) is 11.6 Å². The van der Waals surface area contributed by atoms with Crippen molar-refractivity contribution in [3.05, 3.63) is 39.8 Å². The number of aromatic nitrogens is 2. The Morgan fingerprint density at radius 3 is 2.89 bits per heavy atom. The highest BCUT2D eigenvalue weighted by Gasteiger charge is 2.13. The maximum absolute atomic E-state index is 14.1.